The van der Waals surface area contributed by atoms with E-state index in [1.165, 1.54) is 0 Å². The third-order valence-corrected chi connectivity index (χ3v) is 9.56. The Morgan fingerprint density at radius 2 is 1.83 bits per heavy atom. The van der Waals surface area contributed by atoms with E-state index in [0.29, 0.717) is 18.0 Å². The average Bonchev–Trinajstić information content (AvgIpc) is 4.04. The normalized spacial score (nSPS) is 19.2. The Labute approximate surface area is 288 Å². The van der Waals surface area contributed by atoms with Crippen LogP contribution in [0.25, 0.3) is 5.57 Å². The van der Waals surface area contributed by atoms with Crippen LogP contribution in [0.15, 0.2) is 65.3 Å². The van der Waals surface area contributed by atoms with Gasteiger partial charge in [-0.2, -0.15) is 0 Å². The Balaban J connectivity index is 1.33. The van der Waals surface area contributed by atoms with E-state index >= 15 is 0 Å². The summed E-state index contributed by atoms with van der Waals surface area (Å²) in [6.45, 7) is 7.40. The first-order valence-electron chi connectivity index (χ1n) is 16.8. The highest BCUT2D eigenvalue weighted by Crippen LogP contribution is 2.49. The van der Waals surface area contributed by atoms with Crippen molar-refractivity contribution >= 4 is 29.8 Å². The van der Waals surface area contributed by atoms with Crippen LogP contribution in [-0.4, -0.2) is 87.4 Å². The van der Waals surface area contributed by atoms with Gasteiger partial charge in [0.15, 0.2) is 0 Å². The molecule has 0 spiro atoms. The Kier molecular flexibility index (Phi) is 13.8. The number of aliphatic hydroxyl groups excluding tert-OH is 5. The second-order valence-corrected chi connectivity index (χ2v) is 13.3. The van der Waals surface area contributed by atoms with Gasteiger partial charge in [-0.1, -0.05) is 54.9 Å². The van der Waals surface area contributed by atoms with Gasteiger partial charge in [0.05, 0.1) is 18.8 Å². The number of hydrogen-bond donors (Lipinski definition) is 7. The first kappa shape index (κ1) is 37.7. The van der Waals surface area contributed by atoms with Crippen LogP contribution in [-0.2, 0) is 11.3 Å². The quantitative estimate of drug-likeness (QED) is 0.0813. The van der Waals surface area contributed by atoms with E-state index in [2.05, 4.69) is 47.5 Å². The molecule has 0 heterocycles. The minimum atomic E-state index is -1.74. The summed E-state index contributed by atoms with van der Waals surface area (Å²) in [5, 5.41) is 55.0. The van der Waals surface area contributed by atoms with Crippen LogP contribution in [0.5, 0.6) is 5.75 Å². The molecule has 0 aliphatic heterocycles. The van der Waals surface area contributed by atoms with Crippen molar-refractivity contribution in [2.75, 3.05) is 13.2 Å². The first-order valence-corrected chi connectivity index (χ1v) is 17.1. The maximum Gasteiger partial charge on any atom is 0.220 e. The highest BCUT2D eigenvalue weighted by molar-refractivity contribution is 6.31. The number of amides is 1. The molecule has 0 unspecified atom stereocenters. The lowest BCUT2D eigenvalue weighted by Crippen LogP contribution is -2.49. The first-order chi connectivity index (χ1) is 23.0. The monoisotopic (exact) mass is 683 g/mol. The Morgan fingerprint density at radius 3 is 2.48 bits per heavy atom. The van der Waals surface area contributed by atoms with Crippen molar-refractivity contribution in [3.8, 4) is 5.75 Å². The molecule has 10 nitrogen and oxygen atoms in total. The molecule has 2 aliphatic rings. The van der Waals surface area contributed by atoms with E-state index in [1.807, 2.05) is 43.5 Å². The minimum Gasteiger partial charge on any atom is -0.490 e. The molecule has 2 fully saturated rings. The largest absolute Gasteiger partial charge is 0.490 e. The minimum absolute atomic E-state index is 0.157. The predicted molar refractivity (Wildman–Crippen MR) is 188 cm³/mol. The van der Waals surface area contributed by atoms with Gasteiger partial charge in [0.2, 0.25) is 5.91 Å². The van der Waals surface area contributed by atoms with Crippen molar-refractivity contribution < 1.29 is 35.1 Å². The van der Waals surface area contributed by atoms with Gasteiger partial charge < -0.3 is 40.9 Å². The number of ether oxygens (including phenoxy) is 1. The number of carbonyl (C=O) groups is 1. The molecule has 2 aliphatic carbocycles. The van der Waals surface area contributed by atoms with Crippen molar-refractivity contribution in [1.29, 1.82) is 0 Å². The standard InChI is InChI=1S/C37H50ClN3O7/c1-4-27(28-9-5-6-10-33(28)48-26-13-14-26)29(20-39-3)37(16-17-37)41-19-25-18-24(12-15-30(25)38)23(2)8-7-11-34(45)40-21-31(43)35(46)36(47)32(44)22-42/h4-6,9-10,12,15,18,20,23,26,31-32,35-36,41-44,46-47H,3,7-8,11,13-14,16-17,19,21-22H2,1-2H3,(H,40,45)/b27-4-,29-20+/t23-,31-,32+,35+,36+/m0/s1. The lowest BCUT2D eigenvalue weighted by molar-refractivity contribution is -0.126. The molecule has 0 saturated heterocycles. The average molecular weight is 684 g/mol. The SMILES string of the molecule is C=N/C=C(\C(=C/C)c1ccccc1OC1CC1)C1(NCc2cc([C@@H](C)CCCC(=O)NC[C@H](O)[C@@H](O)[C@H](O)[C@H](O)CO)ccc2Cl)CC1. The maximum atomic E-state index is 12.4. The van der Waals surface area contributed by atoms with Crippen LogP contribution in [0.4, 0.5) is 0 Å². The van der Waals surface area contributed by atoms with Gasteiger partial charge >= 0.3 is 0 Å². The number of aliphatic imine (C=N–C) groups is 1. The lowest BCUT2D eigenvalue weighted by atomic mass is 9.90. The number of hydrogen-bond acceptors (Lipinski definition) is 9. The van der Waals surface area contributed by atoms with Crippen LogP contribution >= 0.6 is 11.6 Å². The van der Waals surface area contributed by atoms with Crippen molar-refractivity contribution in [3.63, 3.8) is 0 Å². The third-order valence-electron chi connectivity index (χ3n) is 9.19. The number of para-hydroxylation sites is 1. The zero-order valence-corrected chi connectivity index (χ0v) is 28.6. The fourth-order valence-electron chi connectivity index (χ4n) is 5.85. The van der Waals surface area contributed by atoms with E-state index in [-0.39, 0.29) is 36.4 Å². The van der Waals surface area contributed by atoms with E-state index in [4.69, 9.17) is 21.4 Å². The molecule has 0 aromatic heterocycles. The summed E-state index contributed by atoms with van der Waals surface area (Å²) in [6.07, 6.45) is 3.32. The number of aliphatic hydroxyl groups is 5. The van der Waals surface area contributed by atoms with E-state index in [9.17, 15) is 25.2 Å². The van der Waals surface area contributed by atoms with Gasteiger partial charge in [-0.3, -0.25) is 9.79 Å². The Bertz CT molecular complexity index is 1460. The highest BCUT2D eigenvalue weighted by Gasteiger charge is 2.47. The maximum absolute atomic E-state index is 12.4. The van der Waals surface area contributed by atoms with Crippen molar-refractivity contribution in [3.05, 3.63) is 82.0 Å². The summed E-state index contributed by atoms with van der Waals surface area (Å²) < 4.78 is 6.25. The predicted octanol–water partition coefficient (Wildman–Crippen LogP) is 4.02. The van der Waals surface area contributed by atoms with Crippen LogP contribution in [0.1, 0.15) is 81.4 Å². The van der Waals surface area contributed by atoms with Crippen LogP contribution in [0.3, 0.4) is 0 Å². The highest BCUT2D eigenvalue weighted by atomic mass is 35.5. The summed E-state index contributed by atoms with van der Waals surface area (Å²) in [5.74, 6) is 0.734. The van der Waals surface area contributed by atoms with Crippen LogP contribution in [0.2, 0.25) is 5.02 Å². The number of carbonyl (C=O) groups excluding carboxylic acids is 1. The molecule has 1 amide bonds. The lowest BCUT2D eigenvalue weighted by Gasteiger charge is -2.25. The fraction of sp³-hybridized carbons (Fsp3) is 0.514. The van der Waals surface area contributed by atoms with Gasteiger partial charge in [0.25, 0.3) is 0 Å². The molecule has 0 radical (unpaired) electrons. The number of halogens is 1. The van der Waals surface area contributed by atoms with Crippen LogP contribution in [0, 0.1) is 0 Å². The molecule has 5 atom stereocenters. The zero-order valence-electron chi connectivity index (χ0n) is 27.8. The second-order valence-electron chi connectivity index (χ2n) is 12.9. The summed E-state index contributed by atoms with van der Waals surface area (Å²) in [7, 11) is 0. The summed E-state index contributed by atoms with van der Waals surface area (Å²) >= 11 is 6.68. The molecular formula is C37H50ClN3O7. The van der Waals surface area contributed by atoms with Crippen molar-refractivity contribution in [2.45, 2.75) is 107 Å². The van der Waals surface area contributed by atoms with E-state index in [1.54, 1.807) is 0 Å². The Morgan fingerprint density at radius 1 is 1.12 bits per heavy atom. The molecule has 2 aromatic rings. The topological polar surface area (TPSA) is 164 Å². The molecule has 262 valence electrons. The number of allylic oxidation sites excluding steroid dienone is 1. The van der Waals surface area contributed by atoms with Gasteiger partial charge in [-0.15, -0.1) is 0 Å². The molecular weight excluding hydrogens is 634 g/mol. The third kappa shape index (κ3) is 9.98. The van der Waals surface area contributed by atoms with Gasteiger partial charge in [0.1, 0.15) is 24.1 Å². The molecule has 7 N–H and O–H groups in total. The fourth-order valence-corrected chi connectivity index (χ4v) is 6.03. The van der Waals surface area contributed by atoms with Gasteiger partial charge in [0, 0.05) is 41.8 Å². The van der Waals surface area contributed by atoms with Gasteiger partial charge in [-0.25, -0.2) is 0 Å². The molecule has 2 aromatic carbocycles. The smallest absolute Gasteiger partial charge is 0.220 e. The van der Waals surface area contributed by atoms with E-state index < -0.39 is 31.0 Å². The van der Waals surface area contributed by atoms with Gasteiger partial charge in [-0.05, 0) is 92.5 Å². The molecule has 4 rings (SSSR count). The molecule has 2 saturated carbocycles. The summed E-state index contributed by atoms with van der Waals surface area (Å²) in [5.41, 5.74) is 5.02. The number of nitrogens with one attached hydrogen (secondary N) is 2. The molecule has 48 heavy (non-hydrogen) atoms. The Hall–Kier alpha value is -3.09. The second kappa shape index (κ2) is 17.5. The van der Waals surface area contributed by atoms with Crippen LogP contribution < -0.4 is 15.4 Å². The van der Waals surface area contributed by atoms with Crippen molar-refractivity contribution in [2.24, 2.45) is 4.99 Å². The number of nitrogens with zero attached hydrogens (tertiary/aromatic N) is 1. The summed E-state index contributed by atoms with van der Waals surface area (Å²) in [6, 6.07) is 14.2. The number of rotatable bonds is 20. The molecule has 11 heteroatoms. The zero-order chi connectivity index (χ0) is 34.8. The summed E-state index contributed by atoms with van der Waals surface area (Å²) in [4.78, 5) is 16.5. The van der Waals surface area contributed by atoms with E-state index in [0.717, 1.165) is 65.7 Å². The number of benzene rings is 2. The van der Waals surface area contributed by atoms with Crippen molar-refractivity contribution in [1.82, 2.24) is 10.6 Å². The molecule has 0 bridgehead atoms.